The molecule has 12 heavy (non-hydrogen) atoms. The minimum Gasteiger partial charge on any atom is -0.493 e. The molecule has 1 aliphatic heterocycles. The van der Waals surface area contributed by atoms with Crippen molar-refractivity contribution in [3.63, 3.8) is 0 Å². The van der Waals surface area contributed by atoms with E-state index in [1.807, 2.05) is 0 Å². The van der Waals surface area contributed by atoms with E-state index in [1.165, 1.54) is 5.57 Å². The van der Waals surface area contributed by atoms with Crippen LogP contribution >= 0.6 is 0 Å². The van der Waals surface area contributed by atoms with E-state index < -0.39 is 0 Å². The van der Waals surface area contributed by atoms with E-state index >= 15 is 0 Å². The van der Waals surface area contributed by atoms with Crippen LogP contribution in [-0.2, 0) is 4.74 Å². The van der Waals surface area contributed by atoms with Crippen molar-refractivity contribution in [1.29, 1.82) is 0 Å². The standard InChI is InChI=1S/C11H14O/c1-2-9-5-6-10-4-3-7-12-11(10)8-9/h4-6,8-9H,2-3,7H2,1H3. The number of allylic oxidation sites excluding steroid dienone is 3. The lowest BCUT2D eigenvalue weighted by molar-refractivity contribution is 0.214. The summed E-state index contributed by atoms with van der Waals surface area (Å²) in [7, 11) is 0. The monoisotopic (exact) mass is 162 g/mol. The molecule has 1 nitrogen and oxygen atoms in total. The number of rotatable bonds is 1. The average molecular weight is 162 g/mol. The summed E-state index contributed by atoms with van der Waals surface area (Å²) in [5.74, 6) is 1.67. The summed E-state index contributed by atoms with van der Waals surface area (Å²) in [6, 6.07) is 0. The molecule has 0 saturated heterocycles. The van der Waals surface area contributed by atoms with Gasteiger partial charge in [-0.15, -0.1) is 0 Å². The lowest BCUT2D eigenvalue weighted by Crippen LogP contribution is -2.08. The maximum atomic E-state index is 5.56. The van der Waals surface area contributed by atoms with Gasteiger partial charge in [0.1, 0.15) is 5.76 Å². The molecule has 0 aromatic heterocycles. The van der Waals surface area contributed by atoms with Gasteiger partial charge in [-0.05, 0) is 18.4 Å². The summed E-state index contributed by atoms with van der Waals surface area (Å²) in [5.41, 5.74) is 1.27. The van der Waals surface area contributed by atoms with Crippen LogP contribution in [0.4, 0.5) is 0 Å². The van der Waals surface area contributed by atoms with Gasteiger partial charge >= 0.3 is 0 Å². The van der Waals surface area contributed by atoms with Crippen LogP contribution in [0.5, 0.6) is 0 Å². The van der Waals surface area contributed by atoms with Crippen LogP contribution in [0.1, 0.15) is 19.8 Å². The zero-order chi connectivity index (χ0) is 8.39. The van der Waals surface area contributed by atoms with Gasteiger partial charge in [-0.2, -0.15) is 0 Å². The number of hydrogen-bond donors (Lipinski definition) is 0. The van der Waals surface area contributed by atoms with Crippen molar-refractivity contribution >= 4 is 0 Å². The predicted octanol–water partition coefficient (Wildman–Crippen LogP) is 2.81. The van der Waals surface area contributed by atoms with Crippen molar-refractivity contribution < 1.29 is 4.74 Å². The summed E-state index contributed by atoms with van der Waals surface area (Å²) >= 11 is 0. The Balaban J connectivity index is 2.23. The predicted molar refractivity (Wildman–Crippen MR) is 49.7 cm³/mol. The van der Waals surface area contributed by atoms with Gasteiger partial charge < -0.3 is 4.74 Å². The van der Waals surface area contributed by atoms with Crippen LogP contribution < -0.4 is 0 Å². The van der Waals surface area contributed by atoms with Crippen molar-refractivity contribution in [3.05, 3.63) is 35.6 Å². The maximum Gasteiger partial charge on any atom is 0.122 e. The molecule has 1 atom stereocenters. The Morgan fingerprint density at radius 3 is 3.33 bits per heavy atom. The normalized spacial score (nSPS) is 26.9. The van der Waals surface area contributed by atoms with Gasteiger partial charge in [-0.25, -0.2) is 0 Å². The van der Waals surface area contributed by atoms with Crippen LogP contribution in [-0.4, -0.2) is 6.61 Å². The smallest absolute Gasteiger partial charge is 0.122 e. The fourth-order valence-corrected chi connectivity index (χ4v) is 1.59. The lowest BCUT2D eigenvalue weighted by Gasteiger charge is -2.21. The molecule has 2 rings (SSSR count). The fourth-order valence-electron chi connectivity index (χ4n) is 1.59. The first-order valence-corrected chi connectivity index (χ1v) is 4.63. The zero-order valence-electron chi connectivity index (χ0n) is 7.42. The van der Waals surface area contributed by atoms with Crippen molar-refractivity contribution in [1.82, 2.24) is 0 Å². The third-order valence-electron chi connectivity index (χ3n) is 2.38. The first kappa shape index (κ1) is 7.66. The number of ether oxygens (including phenoxy) is 1. The minimum atomic E-state index is 0.579. The SMILES string of the molecule is CCC1C=CC2=CCCOC2=C1. The molecule has 2 aliphatic rings. The molecule has 0 radical (unpaired) electrons. The molecule has 0 bridgehead atoms. The Bertz CT molecular complexity index is 258. The Morgan fingerprint density at radius 1 is 1.58 bits per heavy atom. The molecule has 1 aliphatic carbocycles. The van der Waals surface area contributed by atoms with Crippen LogP contribution in [0.15, 0.2) is 35.6 Å². The van der Waals surface area contributed by atoms with E-state index in [1.54, 1.807) is 0 Å². The summed E-state index contributed by atoms with van der Waals surface area (Å²) < 4.78 is 5.56. The molecule has 0 spiro atoms. The summed E-state index contributed by atoms with van der Waals surface area (Å²) in [5, 5.41) is 0. The van der Waals surface area contributed by atoms with E-state index in [0.717, 1.165) is 25.2 Å². The Morgan fingerprint density at radius 2 is 2.50 bits per heavy atom. The minimum absolute atomic E-state index is 0.579. The highest BCUT2D eigenvalue weighted by molar-refractivity contribution is 5.41. The van der Waals surface area contributed by atoms with Gasteiger partial charge in [0.25, 0.3) is 0 Å². The first-order chi connectivity index (χ1) is 5.90. The van der Waals surface area contributed by atoms with E-state index in [0.29, 0.717) is 5.92 Å². The molecule has 0 aromatic carbocycles. The number of hydrogen-bond acceptors (Lipinski definition) is 1. The van der Waals surface area contributed by atoms with Gasteiger partial charge in [-0.3, -0.25) is 0 Å². The Labute approximate surface area is 73.4 Å². The molecule has 0 amide bonds. The lowest BCUT2D eigenvalue weighted by atomic mass is 9.95. The molecule has 0 fully saturated rings. The fraction of sp³-hybridized carbons (Fsp3) is 0.455. The second-order valence-electron chi connectivity index (χ2n) is 3.26. The van der Waals surface area contributed by atoms with Crippen LogP contribution in [0, 0.1) is 5.92 Å². The highest BCUT2D eigenvalue weighted by Crippen LogP contribution is 2.27. The van der Waals surface area contributed by atoms with Crippen molar-refractivity contribution in [2.24, 2.45) is 5.92 Å². The molecular formula is C11H14O. The topological polar surface area (TPSA) is 9.23 Å². The van der Waals surface area contributed by atoms with Crippen molar-refractivity contribution in [3.8, 4) is 0 Å². The van der Waals surface area contributed by atoms with Gasteiger partial charge in [0.05, 0.1) is 6.61 Å². The van der Waals surface area contributed by atoms with Crippen molar-refractivity contribution in [2.45, 2.75) is 19.8 Å². The van der Waals surface area contributed by atoms with Gasteiger partial charge in [0.2, 0.25) is 0 Å². The van der Waals surface area contributed by atoms with Crippen LogP contribution in [0.25, 0.3) is 0 Å². The molecule has 1 heterocycles. The van der Waals surface area contributed by atoms with Gasteiger partial charge in [-0.1, -0.05) is 25.2 Å². The molecular weight excluding hydrogens is 148 g/mol. The molecule has 1 unspecified atom stereocenters. The number of fused-ring (bicyclic) bond motifs is 1. The maximum absolute atomic E-state index is 5.56. The van der Waals surface area contributed by atoms with Crippen LogP contribution in [0.3, 0.4) is 0 Å². The van der Waals surface area contributed by atoms with E-state index in [9.17, 15) is 0 Å². The highest BCUT2D eigenvalue weighted by Gasteiger charge is 2.14. The summed E-state index contributed by atoms with van der Waals surface area (Å²) in [6.45, 7) is 3.04. The van der Waals surface area contributed by atoms with Gasteiger partial charge in [0, 0.05) is 12.0 Å². The Kier molecular flexibility index (Phi) is 2.03. The van der Waals surface area contributed by atoms with E-state index in [-0.39, 0.29) is 0 Å². The third-order valence-corrected chi connectivity index (χ3v) is 2.38. The molecule has 1 heteroatoms. The highest BCUT2D eigenvalue weighted by atomic mass is 16.5. The second kappa shape index (κ2) is 3.18. The quantitative estimate of drug-likeness (QED) is 0.576. The van der Waals surface area contributed by atoms with Crippen LogP contribution in [0.2, 0.25) is 0 Å². The zero-order valence-corrected chi connectivity index (χ0v) is 7.42. The second-order valence-corrected chi connectivity index (χ2v) is 3.26. The van der Waals surface area contributed by atoms with E-state index in [4.69, 9.17) is 4.74 Å². The summed E-state index contributed by atoms with van der Waals surface area (Å²) in [4.78, 5) is 0. The average Bonchev–Trinajstić information content (AvgIpc) is 2.17. The molecule has 0 N–H and O–H groups in total. The van der Waals surface area contributed by atoms with Crippen molar-refractivity contribution in [2.75, 3.05) is 6.61 Å². The third kappa shape index (κ3) is 1.31. The molecule has 0 aromatic rings. The molecule has 0 saturated carbocycles. The first-order valence-electron chi connectivity index (χ1n) is 4.63. The molecule has 64 valence electrons. The Hall–Kier alpha value is -0.980. The largest absolute Gasteiger partial charge is 0.493 e. The van der Waals surface area contributed by atoms with E-state index in [2.05, 4.69) is 31.2 Å². The van der Waals surface area contributed by atoms with Gasteiger partial charge in [0.15, 0.2) is 0 Å². The summed E-state index contributed by atoms with van der Waals surface area (Å²) in [6.07, 6.45) is 11.1.